The average molecular weight is 178 g/mol. The highest BCUT2D eigenvalue weighted by Crippen LogP contribution is 2.15. The van der Waals surface area contributed by atoms with Crippen LogP contribution < -0.4 is 5.32 Å². The third-order valence-electron chi connectivity index (χ3n) is 2.23. The maximum absolute atomic E-state index is 6.01. The van der Waals surface area contributed by atoms with Crippen LogP contribution in [0.25, 0.3) is 0 Å². The van der Waals surface area contributed by atoms with Gasteiger partial charge in [-0.05, 0) is 34.1 Å². The minimum atomic E-state index is 0.0387. The molecular weight excluding hydrogens is 158 g/mol. The molecule has 0 aliphatic heterocycles. The highest BCUT2D eigenvalue weighted by Gasteiger charge is 2.24. The van der Waals surface area contributed by atoms with Crippen molar-refractivity contribution in [2.45, 2.75) is 58.0 Å². The van der Waals surface area contributed by atoms with Gasteiger partial charge in [-0.15, -0.1) is 11.6 Å². The van der Waals surface area contributed by atoms with Crippen molar-refractivity contribution in [2.75, 3.05) is 0 Å². The van der Waals surface area contributed by atoms with E-state index in [1.54, 1.807) is 0 Å². The Morgan fingerprint density at radius 3 is 2.09 bits per heavy atom. The Bertz CT molecular complexity index is 110. The minimum absolute atomic E-state index is 0.0387. The minimum Gasteiger partial charge on any atom is -0.308 e. The molecule has 0 aromatic heterocycles. The maximum Gasteiger partial charge on any atom is 0.0484 e. The molecule has 11 heavy (non-hydrogen) atoms. The molecule has 0 spiro atoms. The van der Waals surface area contributed by atoms with Crippen molar-refractivity contribution in [3.05, 3.63) is 0 Å². The first-order valence-electron chi connectivity index (χ1n) is 4.32. The molecule has 2 atom stereocenters. The molecule has 0 fully saturated rings. The molecule has 0 aromatic carbocycles. The average Bonchev–Trinajstić information content (AvgIpc) is 1.86. The molecule has 2 unspecified atom stereocenters. The van der Waals surface area contributed by atoms with Gasteiger partial charge in [0.25, 0.3) is 0 Å². The summed E-state index contributed by atoms with van der Waals surface area (Å²) >= 11 is 6.01. The van der Waals surface area contributed by atoms with Crippen molar-refractivity contribution >= 4 is 11.6 Å². The fraction of sp³-hybridized carbons (Fsp3) is 1.00. The van der Waals surface area contributed by atoms with E-state index in [0.29, 0.717) is 6.04 Å². The number of alkyl halides is 1. The van der Waals surface area contributed by atoms with Gasteiger partial charge in [0.2, 0.25) is 0 Å². The predicted octanol–water partition coefficient (Wildman–Crippen LogP) is 2.78. The standard InChI is InChI=1S/C9H20ClN/c1-6-7(2)11-9(4,5)8(3)10/h7-8,11H,6H2,1-5H3. The lowest BCUT2D eigenvalue weighted by Gasteiger charge is -2.32. The molecule has 0 rings (SSSR count). The fourth-order valence-electron chi connectivity index (χ4n) is 0.852. The first-order chi connectivity index (χ1) is 4.90. The molecule has 0 aliphatic carbocycles. The predicted molar refractivity (Wildman–Crippen MR) is 52.3 cm³/mol. The SMILES string of the molecule is CCC(C)NC(C)(C)C(C)Cl. The summed E-state index contributed by atoms with van der Waals surface area (Å²) in [6.45, 7) is 10.7. The first-order valence-corrected chi connectivity index (χ1v) is 4.75. The summed E-state index contributed by atoms with van der Waals surface area (Å²) in [5, 5.41) is 3.64. The van der Waals surface area contributed by atoms with Gasteiger partial charge in [-0.3, -0.25) is 0 Å². The Balaban J connectivity index is 3.90. The zero-order chi connectivity index (χ0) is 9.07. The molecule has 0 amide bonds. The molecule has 2 heteroatoms. The molecule has 1 nitrogen and oxygen atoms in total. The van der Waals surface area contributed by atoms with Crippen molar-refractivity contribution < 1.29 is 0 Å². The van der Waals surface area contributed by atoms with Crippen molar-refractivity contribution in [1.29, 1.82) is 0 Å². The number of rotatable bonds is 4. The molecule has 0 saturated heterocycles. The third kappa shape index (κ3) is 3.97. The monoisotopic (exact) mass is 177 g/mol. The van der Waals surface area contributed by atoms with E-state index in [-0.39, 0.29) is 10.9 Å². The lowest BCUT2D eigenvalue weighted by atomic mass is 10.00. The van der Waals surface area contributed by atoms with Gasteiger partial charge in [-0.2, -0.15) is 0 Å². The summed E-state index contributed by atoms with van der Waals surface area (Å²) < 4.78 is 0. The van der Waals surface area contributed by atoms with Gasteiger partial charge in [-0.25, -0.2) is 0 Å². The van der Waals surface area contributed by atoms with Crippen molar-refractivity contribution in [3.8, 4) is 0 Å². The Morgan fingerprint density at radius 2 is 1.82 bits per heavy atom. The smallest absolute Gasteiger partial charge is 0.0484 e. The molecule has 0 bridgehead atoms. The second-order valence-corrected chi connectivity index (χ2v) is 4.45. The van der Waals surface area contributed by atoms with Gasteiger partial charge in [-0.1, -0.05) is 6.92 Å². The Kier molecular flexibility index (Phi) is 4.42. The number of hydrogen-bond acceptors (Lipinski definition) is 1. The van der Waals surface area contributed by atoms with Gasteiger partial charge in [0.05, 0.1) is 0 Å². The normalized spacial score (nSPS) is 18.0. The fourth-order valence-corrected chi connectivity index (χ4v) is 0.915. The van der Waals surface area contributed by atoms with Crippen molar-refractivity contribution in [1.82, 2.24) is 5.32 Å². The number of hydrogen-bond donors (Lipinski definition) is 1. The van der Waals surface area contributed by atoms with E-state index in [9.17, 15) is 0 Å². The second-order valence-electron chi connectivity index (χ2n) is 3.79. The van der Waals surface area contributed by atoms with E-state index in [1.807, 2.05) is 6.92 Å². The van der Waals surface area contributed by atoms with Crippen LogP contribution in [0.2, 0.25) is 0 Å². The molecule has 0 radical (unpaired) electrons. The van der Waals surface area contributed by atoms with Crippen LogP contribution in [0.5, 0.6) is 0 Å². The van der Waals surface area contributed by atoms with Crippen molar-refractivity contribution in [3.63, 3.8) is 0 Å². The van der Waals surface area contributed by atoms with E-state index in [0.717, 1.165) is 6.42 Å². The van der Waals surface area contributed by atoms with Gasteiger partial charge >= 0.3 is 0 Å². The highest BCUT2D eigenvalue weighted by atomic mass is 35.5. The largest absolute Gasteiger partial charge is 0.308 e. The van der Waals surface area contributed by atoms with Crippen molar-refractivity contribution in [2.24, 2.45) is 0 Å². The van der Waals surface area contributed by atoms with E-state index >= 15 is 0 Å². The summed E-state index contributed by atoms with van der Waals surface area (Å²) in [4.78, 5) is 0. The summed E-state index contributed by atoms with van der Waals surface area (Å²) in [5.74, 6) is 0. The molecule has 1 N–H and O–H groups in total. The van der Waals surface area contributed by atoms with Gasteiger partial charge in [0.1, 0.15) is 0 Å². The van der Waals surface area contributed by atoms with Crippen LogP contribution in [0.1, 0.15) is 41.0 Å². The van der Waals surface area contributed by atoms with E-state index in [1.165, 1.54) is 0 Å². The van der Waals surface area contributed by atoms with Crippen LogP contribution >= 0.6 is 11.6 Å². The Morgan fingerprint density at radius 1 is 1.36 bits per heavy atom. The van der Waals surface area contributed by atoms with Crippen LogP contribution in [0, 0.1) is 0 Å². The van der Waals surface area contributed by atoms with Crippen LogP contribution in [0.4, 0.5) is 0 Å². The van der Waals surface area contributed by atoms with E-state index < -0.39 is 0 Å². The van der Waals surface area contributed by atoms with Gasteiger partial charge < -0.3 is 5.32 Å². The molecule has 0 saturated carbocycles. The first kappa shape index (κ1) is 11.2. The summed E-state index contributed by atoms with van der Waals surface area (Å²) in [6, 6.07) is 0.547. The van der Waals surface area contributed by atoms with E-state index in [4.69, 9.17) is 11.6 Å². The van der Waals surface area contributed by atoms with Crippen LogP contribution in [0.3, 0.4) is 0 Å². The molecule has 68 valence electrons. The number of halogens is 1. The van der Waals surface area contributed by atoms with Gasteiger partial charge in [0, 0.05) is 17.0 Å². The molecule has 0 aliphatic rings. The Labute approximate surface area is 75.5 Å². The summed E-state index contributed by atoms with van der Waals surface area (Å²) in [7, 11) is 0. The number of nitrogens with one attached hydrogen (secondary N) is 1. The third-order valence-corrected chi connectivity index (χ3v) is 2.77. The van der Waals surface area contributed by atoms with Crippen LogP contribution in [0.15, 0.2) is 0 Å². The maximum atomic E-state index is 6.01. The Hall–Kier alpha value is 0.250. The van der Waals surface area contributed by atoms with Crippen LogP contribution in [-0.2, 0) is 0 Å². The molecule has 0 heterocycles. The zero-order valence-electron chi connectivity index (χ0n) is 8.24. The zero-order valence-corrected chi connectivity index (χ0v) is 9.00. The molecule has 0 aromatic rings. The summed E-state index contributed by atoms with van der Waals surface area (Å²) in [6.07, 6.45) is 1.15. The highest BCUT2D eigenvalue weighted by molar-refractivity contribution is 6.21. The lowest BCUT2D eigenvalue weighted by molar-refractivity contribution is 0.334. The van der Waals surface area contributed by atoms with Gasteiger partial charge in [0.15, 0.2) is 0 Å². The lowest BCUT2D eigenvalue weighted by Crippen LogP contribution is -2.49. The quantitative estimate of drug-likeness (QED) is 0.652. The van der Waals surface area contributed by atoms with Crippen LogP contribution in [-0.4, -0.2) is 17.0 Å². The van der Waals surface area contributed by atoms with E-state index in [2.05, 4.69) is 33.0 Å². The topological polar surface area (TPSA) is 12.0 Å². The molecular formula is C9H20ClN. The second kappa shape index (κ2) is 4.32. The summed E-state index contributed by atoms with van der Waals surface area (Å²) in [5.41, 5.74) is 0.0387.